The highest BCUT2D eigenvalue weighted by Gasteiger charge is 2.36. The Labute approximate surface area is 215 Å². The second-order valence-electron chi connectivity index (χ2n) is 9.08. The molecule has 0 atom stereocenters. The second-order valence-corrected chi connectivity index (χ2v) is 11.4. The lowest BCUT2D eigenvalue weighted by Gasteiger charge is -2.14. The molecule has 1 N–H and O–H groups in total. The summed E-state index contributed by atoms with van der Waals surface area (Å²) in [5.41, 5.74) is 2.87. The average molecular weight is 530 g/mol. The van der Waals surface area contributed by atoms with Crippen molar-refractivity contribution in [1.29, 1.82) is 0 Å². The first-order chi connectivity index (χ1) is 17.0. The van der Waals surface area contributed by atoms with E-state index in [4.69, 9.17) is 16.3 Å². The first-order valence-corrected chi connectivity index (χ1v) is 13.8. The largest absolute Gasteiger partial charge is 0.469 e. The molecular formula is C26H28ClN3O5S. The summed E-state index contributed by atoms with van der Waals surface area (Å²) in [4.78, 5) is 26.6. The van der Waals surface area contributed by atoms with Crippen molar-refractivity contribution in [2.75, 3.05) is 19.9 Å². The third kappa shape index (κ3) is 5.23. The Morgan fingerprint density at radius 1 is 1.17 bits per heavy atom. The van der Waals surface area contributed by atoms with Gasteiger partial charge in [0.1, 0.15) is 5.56 Å². The number of aromatic nitrogens is 2. The fourth-order valence-electron chi connectivity index (χ4n) is 4.11. The number of sulfone groups is 1. The molecule has 0 bridgehead atoms. The predicted octanol–water partition coefficient (Wildman–Crippen LogP) is 3.87. The maximum atomic E-state index is 13.9. The van der Waals surface area contributed by atoms with Gasteiger partial charge in [0.15, 0.2) is 22.2 Å². The zero-order valence-electron chi connectivity index (χ0n) is 20.6. The number of halogens is 1. The summed E-state index contributed by atoms with van der Waals surface area (Å²) in [6, 6.07) is 9.99. The van der Waals surface area contributed by atoms with Crippen molar-refractivity contribution in [3.05, 3.63) is 74.9 Å². The van der Waals surface area contributed by atoms with Crippen LogP contribution < -0.4 is 10.1 Å². The lowest BCUT2D eigenvalue weighted by atomic mass is 9.99. The third-order valence-corrected chi connectivity index (χ3v) is 7.74. The Hall–Kier alpha value is -3.01. The number of carbonyl (C=O) groups excluding carboxylic acids is 2. The number of hydrogen-bond acceptors (Lipinski definition) is 7. The highest BCUT2D eigenvalue weighted by molar-refractivity contribution is 7.90. The molecule has 1 saturated carbocycles. The maximum absolute atomic E-state index is 13.9. The maximum Gasteiger partial charge on any atom is 0.223 e. The van der Waals surface area contributed by atoms with Crippen LogP contribution in [-0.2, 0) is 23.4 Å². The van der Waals surface area contributed by atoms with Gasteiger partial charge in [-0.15, -0.1) is 0 Å². The molecule has 36 heavy (non-hydrogen) atoms. The number of rotatable bonds is 10. The topological polar surface area (TPSA) is 107 Å². The zero-order valence-corrected chi connectivity index (χ0v) is 22.2. The first-order valence-electron chi connectivity index (χ1n) is 11.5. The fraction of sp³-hybridized carbons (Fsp3) is 0.346. The number of ether oxygens (including phenoxy) is 1. The Bertz CT molecular complexity index is 1440. The van der Waals surface area contributed by atoms with Gasteiger partial charge in [-0.05, 0) is 38.9 Å². The summed E-state index contributed by atoms with van der Waals surface area (Å²) >= 11 is 6.62. The van der Waals surface area contributed by atoms with Crippen molar-refractivity contribution >= 4 is 33.0 Å². The van der Waals surface area contributed by atoms with Crippen LogP contribution in [0.5, 0.6) is 5.88 Å². The molecule has 8 nitrogen and oxygen atoms in total. The van der Waals surface area contributed by atoms with E-state index >= 15 is 0 Å². The minimum Gasteiger partial charge on any atom is -0.469 e. The van der Waals surface area contributed by atoms with Gasteiger partial charge in [-0.2, -0.15) is 5.10 Å². The van der Waals surface area contributed by atoms with E-state index in [1.807, 2.05) is 19.1 Å². The molecule has 4 rings (SSSR count). The number of nitrogens with one attached hydrogen (secondary N) is 1. The van der Waals surface area contributed by atoms with E-state index in [1.54, 1.807) is 26.2 Å². The molecule has 190 valence electrons. The van der Waals surface area contributed by atoms with Crippen molar-refractivity contribution in [1.82, 2.24) is 15.1 Å². The molecular weight excluding hydrogens is 502 g/mol. The summed E-state index contributed by atoms with van der Waals surface area (Å²) < 4.78 is 31.9. The molecule has 1 aliphatic carbocycles. The standard InChI is InChI=1S/C26H28ClN3O5S/c1-15-5-7-16(8-6-15)20(31)14-35-26-22(24(17-9-10-17)29-30(26)3)25(32)18-11-12-21(36(4,33)34)19(13-28-2)23(18)27/h5-8,11-12,17,28H,9-10,13-14H2,1-4H3. The molecule has 0 radical (unpaired) electrons. The summed E-state index contributed by atoms with van der Waals surface area (Å²) in [5.74, 6) is -0.355. The minimum atomic E-state index is -3.56. The monoisotopic (exact) mass is 529 g/mol. The number of Topliss-reactive ketones (excluding diaryl/α,β-unsaturated/α-hetero) is 1. The summed E-state index contributed by atoms with van der Waals surface area (Å²) in [5, 5.41) is 7.51. The molecule has 1 aliphatic rings. The molecule has 1 heterocycles. The smallest absolute Gasteiger partial charge is 0.223 e. The number of benzene rings is 2. The molecule has 0 spiro atoms. The second kappa shape index (κ2) is 10.2. The van der Waals surface area contributed by atoms with Gasteiger partial charge in [0.05, 0.1) is 15.6 Å². The lowest BCUT2D eigenvalue weighted by Crippen LogP contribution is -2.16. The number of aryl methyl sites for hydroxylation is 2. The summed E-state index contributed by atoms with van der Waals surface area (Å²) in [6.45, 7) is 1.84. The number of carbonyl (C=O) groups is 2. The van der Waals surface area contributed by atoms with Gasteiger partial charge in [0.25, 0.3) is 0 Å². The molecule has 1 fully saturated rings. The van der Waals surface area contributed by atoms with Crippen molar-refractivity contribution in [3.8, 4) is 5.88 Å². The molecule has 0 aliphatic heterocycles. The van der Waals surface area contributed by atoms with Crippen LogP contribution in [-0.4, -0.2) is 49.7 Å². The van der Waals surface area contributed by atoms with Crippen LogP contribution in [0, 0.1) is 6.92 Å². The molecule has 2 aromatic carbocycles. The van der Waals surface area contributed by atoms with Gasteiger partial charge in [-0.1, -0.05) is 41.4 Å². The molecule has 1 aromatic heterocycles. The van der Waals surface area contributed by atoms with Gasteiger partial charge >= 0.3 is 0 Å². The average Bonchev–Trinajstić information content (AvgIpc) is 3.61. The summed E-state index contributed by atoms with van der Waals surface area (Å²) in [7, 11) is -0.234. The third-order valence-electron chi connectivity index (χ3n) is 6.12. The van der Waals surface area contributed by atoms with Crippen LogP contribution in [0.4, 0.5) is 0 Å². The lowest BCUT2D eigenvalue weighted by molar-refractivity contribution is 0.0908. The van der Waals surface area contributed by atoms with E-state index < -0.39 is 15.6 Å². The Balaban J connectivity index is 1.73. The Kier molecular flexibility index (Phi) is 7.36. The van der Waals surface area contributed by atoms with Crippen molar-refractivity contribution in [2.45, 2.75) is 37.1 Å². The first kappa shape index (κ1) is 26.1. The van der Waals surface area contributed by atoms with Crippen LogP contribution in [0.3, 0.4) is 0 Å². The highest BCUT2D eigenvalue weighted by atomic mass is 35.5. The number of ketones is 2. The van der Waals surface area contributed by atoms with Crippen LogP contribution in [0.15, 0.2) is 41.3 Å². The van der Waals surface area contributed by atoms with Crippen molar-refractivity contribution in [2.24, 2.45) is 7.05 Å². The molecule has 0 amide bonds. The van der Waals surface area contributed by atoms with E-state index in [0.717, 1.165) is 24.7 Å². The number of nitrogens with zero attached hydrogens (tertiary/aromatic N) is 2. The molecule has 0 unspecified atom stereocenters. The van der Waals surface area contributed by atoms with Crippen LogP contribution in [0.25, 0.3) is 0 Å². The van der Waals surface area contributed by atoms with E-state index in [-0.39, 0.29) is 51.8 Å². The van der Waals surface area contributed by atoms with Crippen LogP contribution in [0.1, 0.15) is 61.9 Å². The van der Waals surface area contributed by atoms with Gasteiger partial charge in [-0.3, -0.25) is 9.59 Å². The van der Waals surface area contributed by atoms with Gasteiger partial charge in [0.2, 0.25) is 11.7 Å². The van der Waals surface area contributed by atoms with Crippen LogP contribution in [0.2, 0.25) is 5.02 Å². The molecule has 3 aromatic rings. The SMILES string of the molecule is CNCc1c(S(C)(=O)=O)ccc(C(=O)c2c(C3CC3)nn(C)c2OCC(=O)c2ccc(C)cc2)c1Cl. The van der Waals surface area contributed by atoms with E-state index in [0.29, 0.717) is 16.8 Å². The van der Waals surface area contributed by atoms with Gasteiger partial charge in [-0.25, -0.2) is 13.1 Å². The van der Waals surface area contributed by atoms with E-state index in [2.05, 4.69) is 10.4 Å². The van der Waals surface area contributed by atoms with Crippen molar-refractivity contribution < 1.29 is 22.7 Å². The van der Waals surface area contributed by atoms with Crippen LogP contribution >= 0.6 is 11.6 Å². The quantitative estimate of drug-likeness (QED) is 0.397. The summed E-state index contributed by atoms with van der Waals surface area (Å²) in [6.07, 6.45) is 2.89. The fourth-order valence-corrected chi connectivity index (χ4v) is 5.42. The predicted molar refractivity (Wildman–Crippen MR) is 137 cm³/mol. The highest BCUT2D eigenvalue weighted by Crippen LogP contribution is 2.44. The van der Waals surface area contributed by atoms with E-state index in [9.17, 15) is 18.0 Å². The minimum absolute atomic E-state index is 0.0598. The van der Waals surface area contributed by atoms with E-state index in [1.165, 1.54) is 16.8 Å². The number of hydrogen-bond donors (Lipinski definition) is 1. The van der Waals surface area contributed by atoms with Crippen molar-refractivity contribution in [3.63, 3.8) is 0 Å². The molecule has 0 saturated heterocycles. The molecule has 10 heteroatoms. The van der Waals surface area contributed by atoms with Gasteiger partial charge in [0, 0.05) is 42.5 Å². The zero-order chi connectivity index (χ0) is 26.2. The Morgan fingerprint density at radius 3 is 2.42 bits per heavy atom. The Morgan fingerprint density at radius 2 is 1.83 bits per heavy atom. The van der Waals surface area contributed by atoms with Gasteiger partial charge < -0.3 is 10.1 Å². The normalized spacial score (nSPS) is 13.6.